The van der Waals surface area contributed by atoms with Gasteiger partial charge in [-0.2, -0.15) is 0 Å². The van der Waals surface area contributed by atoms with Gasteiger partial charge in [0.25, 0.3) is 0 Å². The van der Waals surface area contributed by atoms with E-state index in [9.17, 15) is 0 Å². The second kappa shape index (κ2) is 2.38. The van der Waals surface area contributed by atoms with Crippen LogP contribution in [0.1, 0.15) is 12.5 Å². The zero-order chi connectivity index (χ0) is 7.68. The van der Waals surface area contributed by atoms with Crippen LogP contribution in [-0.4, -0.2) is 5.16 Å². The molecule has 2 heteroatoms. The van der Waals surface area contributed by atoms with Crippen molar-refractivity contribution in [3.63, 3.8) is 0 Å². The van der Waals surface area contributed by atoms with E-state index in [-0.39, 0.29) is 0 Å². The first kappa shape index (κ1) is 6.40. The van der Waals surface area contributed by atoms with E-state index in [1.807, 2.05) is 12.1 Å². The third-order valence-electron chi connectivity index (χ3n) is 1.87. The fraction of sp³-hybridized carbons (Fsp3) is 0.222. The molecule has 0 aliphatic carbocycles. The normalized spacial score (nSPS) is 10.6. The molecule has 0 aliphatic rings. The third kappa shape index (κ3) is 0.909. The average Bonchev–Trinajstić information content (AvgIpc) is 2.50. The predicted octanol–water partition coefficient (Wildman–Crippen LogP) is 2.39. The lowest BCUT2D eigenvalue weighted by Crippen LogP contribution is -1.78. The number of hydrogen-bond acceptors (Lipinski definition) is 2. The van der Waals surface area contributed by atoms with Crippen molar-refractivity contribution in [3.05, 3.63) is 30.0 Å². The lowest BCUT2D eigenvalue weighted by atomic mass is 10.1. The van der Waals surface area contributed by atoms with Gasteiger partial charge in [-0.15, -0.1) is 0 Å². The van der Waals surface area contributed by atoms with Crippen LogP contribution in [0.25, 0.3) is 11.0 Å². The van der Waals surface area contributed by atoms with Crippen LogP contribution in [0, 0.1) is 0 Å². The minimum absolute atomic E-state index is 0.879. The van der Waals surface area contributed by atoms with Crippen LogP contribution in [0.4, 0.5) is 0 Å². The Balaban J connectivity index is 2.79. The number of aryl methyl sites for hydroxylation is 1. The molecule has 0 aliphatic heterocycles. The largest absolute Gasteiger partial charge is 0.356 e. The van der Waals surface area contributed by atoms with Crippen molar-refractivity contribution in [2.24, 2.45) is 0 Å². The highest BCUT2D eigenvalue weighted by Gasteiger charge is 2.00. The summed E-state index contributed by atoms with van der Waals surface area (Å²) in [5.41, 5.74) is 2.17. The molecule has 0 saturated heterocycles. The van der Waals surface area contributed by atoms with E-state index in [0.29, 0.717) is 0 Å². The van der Waals surface area contributed by atoms with Gasteiger partial charge >= 0.3 is 0 Å². The molecule has 0 atom stereocenters. The Bertz CT molecular complexity index is 364. The van der Waals surface area contributed by atoms with E-state index in [4.69, 9.17) is 4.52 Å². The summed E-state index contributed by atoms with van der Waals surface area (Å²) < 4.78 is 5.01. The van der Waals surface area contributed by atoms with Crippen LogP contribution in [0.15, 0.2) is 28.9 Å². The van der Waals surface area contributed by atoms with Crippen LogP contribution in [-0.2, 0) is 6.42 Å². The number of aromatic nitrogens is 1. The zero-order valence-electron chi connectivity index (χ0n) is 6.37. The molecule has 0 amide bonds. The standard InChI is InChI=1S/C9H9NO/c1-2-7-4-3-5-9-8(7)6-10-11-9/h3-6H,2H2,1H3. The molecule has 0 bridgehead atoms. The Kier molecular flexibility index (Phi) is 1.39. The topological polar surface area (TPSA) is 26.0 Å². The predicted molar refractivity (Wildman–Crippen MR) is 43.4 cm³/mol. The van der Waals surface area contributed by atoms with E-state index in [1.165, 1.54) is 5.56 Å². The van der Waals surface area contributed by atoms with Crippen LogP contribution in [0.3, 0.4) is 0 Å². The van der Waals surface area contributed by atoms with E-state index in [2.05, 4.69) is 18.1 Å². The summed E-state index contributed by atoms with van der Waals surface area (Å²) in [5.74, 6) is 0. The zero-order valence-corrected chi connectivity index (χ0v) is 6.37. The Labute approximate surface area is 64.8 Å². The van der Waals surface area contributed by atoms with E-state index in [0.717, 1.165) is 17.4 Å². The van der Waals surface area contributed by atoms with Gasteiger partial charge in [0.05, 0.1) is 6.20 Å². The molecule has 0 N–H and O–H groups in total. The van der Waals surface area contributed by atoms with Gasteiger partial charge in [-0.1, -0.05) is 24.2 Å². The fourth-order valence-corrected chi connectivity index (χ4v) is 1.26. The molecular weight excluding hydrogens is 138 g/mol. The third-order valence-corrected chi connectivity index (χ3v) is 1.87. The number of benzene rings is 1. The van der Waals surface area contributed by atoms with Gasteiger partial charge in [0, 0.05) is 5.39 Å². The minimum atomic E-state index is 0.879. The van der Waals surface area contributed by atoms with Crippen LogP contribution in [0.5, 0.6) is 0 Å². The summed E-state index contributed by atoms with van der Waals surface area (Å²) in [6.45, 7) is 2.13. The number of fused-ring (bicyclic) bond motifs is 1. The maximum atomic E-state index is 5.01. The van der Waals surface area contributed by atoms with Crippen LogP contribution >= 0.6 is 0 Å². The summed E-state index contributed by atoms with van der Waals surface area (Å²) in [7, 11) is 0. The molecule has 1 aromatic carbocycles. The maximum absolute atomic E-state index is 5.01. The summed E-state index contributed by atoms with van der Waals surface area (Å²) in [5, 5.41) is 4.87. The van der Waals surface area contributed by atoms with Crippen molar-refractivity contribution in [1.82, 2.24) is 5.16 Å². The molecule has 2 rings (SSSR count). The first-order valence-electron chi connectivity index (χ1n) is 3.74. The molecule has 56 valence electrons. The molecule has 0 radical (unpaired) electrons. The van der Waals surface area contributed by atoms with Crippen molar-refractivity contribution in [1.29, 1.82) is 0 Å². The van der Waals surface area contributed by atoms with Crippen LogP contribution < -0.4 is 0 Å². The number of hydrogen-bond donors (Lipinski definition) is 0. The Hall–Kier alpha value is -1.31. The number of rotatable bonds is 1. The highest BCUT2D eigenvalue weighted by Crippen LogP contribution is 2.17. The molecule has 11 heavy (non-hydrogen) atoms. The Morgan fingerprint density at radius 3 is 3.18 bits per heavy atom. The molecule has 2 nitrogen and oxygen atoms in total. The monoisotopic (exact) mass is 147 g/mol. The van der Waals surface area contributed by atoms with Crippen molar-refractivity contribution >= 4 is 11.0 Å². The highest BCUT2D eigenvalue weighted by atomic mass is 16.5. The molecule has 1 aromatic heterocycles. The molecule has 0 saturated carbocycles. The first-order chi connectivity index (χ1) is 5.42. The smallest absolute Gasteiger partial charge is 0.167 e. The molecular formula is C9H9NO. The second-order valence-corrected chi connectivity index (χ2v) is 2.51. The highest BCUT2D eigenvalue weighted by molar-refractivity contribution is 5.79. The molecule has 0 unspecified atom stereocenters. The van der Waals surface area contributed by atoms with Crippen molar-refractivity contribution in [3.8, 4) is 0 Å². The minimum Gasteiger partial charge on any atom is -0.356 e. The molecule has 2 aromatic rings. The molecule has 0 spiro atoms. The lowest BCUT2D eigenvalue weighted by Gasteiger charge is -1.94. The number of nitrogens with zero attached hydrogens (tertiary/aromatic N) is 1. The van der Waals surface area contributed by atoms with E-state index < -0.39 is 0 Å². The Morgan fingerprint density at radius 2 is 2.36 bits per heavy atom. The van der Waals surface area contributed by atoms with Gasteiger partial charge in [-0.05, 0) is 18.1 Å². The van der Waals surface area contributed by atoms with E-state index in [1.54, 1.807) is 6.20 Å². The quantitative estimate of drug-likeness (QED) is 0.619. The van der Waals surface area contributed by atoms with Crippen molar-refractivity contribution in [2.45, 2.75) is 13.3 Å². The lowest BCUT2D eigenvalue weighted by molar-refractivity contribution is 0.456. The summed E-state index contributed by atoms with van der Waals surface area (Å²) in [6, 6.07) is 6.02. The molecule has 0 fully saturated rings. The van der Waals surface area contributed by atoms with Gasteiger partial charge in [-0.25, -0.2) is 0 Å². The van der Waals surface area contributed by atoms with Gasteiger partial charge < -0.3 is 4.52 Å². The maximum Gasteiger partial charge on any atom is 0.167 e. The van der Waals surface area contributed by atoms with Gasteiger partial charge in [0.2, 0.25) is 0 Å². The Morgan fingerprint density at radius 1 is 1.45 bits per heavy atom. The van der Waals surface area contributed by atoms with E-state index >= 15 is 0 Å². The van der Waals surface area contributed by atoms with Crippen molar-refractivity contribution in [2.75, 3.05) is 0 Å². The average molecular weight is 147 g/mol. The fourth-order valence-electron chi connectivity index (χ4n) is 1.26. The van der Waals surface area contributed by atoms with Crippen LogP contribution in [0.2, 0.25) is 0 Å². The second-order valence-electron chi connectivity index (χ2n) is 2.51. The SMILES string of the molecule is CCc1cccc2oncc12. The van der Waals surface area contributed by atoms with Gasteiger partial charge in [0.15, 0.2) is 5.58 Å². The summed E-state index contributed by atoms with van der Waals surface area (Å²) >= 11 is 0. The summed E-state index contributed by atoms with van der Waals surface area (Å²) in [4.78, 5) is 0. The van der Waals surface area contributed by atoms with Crippen molar-refractivity contribution < 1.29 is 4.52 Å². The first-order valence-corrected chi connectivity index (χ1v) is 3.74. The summed E-state index contributed by atoms with van der Waals surface area (Å²) in [6.07, 6.45) is 2.80. The van der Waals surface area contributed by atoms with Gasteiger partial charge in [-0.3, -0.25) is 0 Å². The van der Waals surface area contributed by atoms with Gasteiger partial charge in [0.1, 0.15) is 0 Å². The molecule has 1 heterocycles.